The van der Waals surface area contributed by atoms with E-state index in [9.17, 15) is 5.11 Å². The number of fused-ring (bicyclic) bond motifs is 1. The second-order valence-electron chi connectivity index (χ2n) is 6.58. The minimum Gasteiger partial charge on any atom is -0.393 e. The number of aliphatic hydroxyl groups excluding tert-OH is 1. The maximum atomic E-state index is 9.92. The summed E-state index contributed by atoms with van der Waals surface area (Å²) in [5, 5.41) is 9.92. The molecule has 1 saturated heterocycles. The van der Waals surface area contributed by atoms with Crippen molar-refractivity contribution in [1.82, 2.24) is 14.4 Å². The smallest absolute Gasteiger partial charge is 0.211 e. The topological polar surface area (TPSA) is 79.7 Å². The van der Waals surface area contributed by atoms with Crippen LogP contribution in [-0.2, 0) is 0 Å². The third-order valence-corrected chi connectivity index (χ3v) is 6.12. The first-order valence-corrected chi connectivity index (χ1v) is 8.83. The largest absolute Gasteiger partial charge is 0.393 e. The highest BCUT2D eigenvalue weighted by Gasteiger charge is 2.46. The molecule has 1 spiro atoms. The minimum atomic E-state index is -0.224. The van der Waals surface area contributed by atoms with Crippen molar-refractivity contribution in [3.8, 4) is 0 Å². The van der Waals surface area contributed by atoms with Crippen LogP contribution in [0.25, 0.3) is 5.65 Å². The molecule has 3 heterocycles. The summed E-state index contributed by atoms with van der Waals surface area (Å²) in [6, 6.07) is 0.127. The fourth-order valence-corrected chi connectivity index (χ4v) is 4.62. The first-order valence-electron chi connectivity index (χ1n) is 7.75. The van der Waals surface area contributed by atoms with Gasteiger partial charge in [0.1, 0.15) is 0 Å². The van der Waals surface area contributed by atoms with Gasteiger partial charge in [-0.2, -0.15) is 0 Å². The average Bonchev–Trinajstić information content (AvgIpc) is 3.08. The Morgan fingerprint density at radius 3 is 2.77 bits per heavy atom. The first kappa shape index (κ1) is 14.6. The summed E-state index contributed by atoms with van der Waals surface area (Å²) in [6.45, 7) is 1.86. The van der Waals surface area contributed by atoms with Crippen LogP contribution in [0.5, 0.6) is 0 Å². The molecule has 118 valence electrons. The minimum absolute atomic E-state index is 0.118. The summed E-state index contributed by atoms with van der Waals surface area (Å²) >= 11 is 2.26. The zero-order chi connectivity index (χ0) is 15.3. The summed E-state index contributed by atoms with van der Waals surface area (Å²) in [6.07, 6.45) is 9.08. The number of hydrogen-bond donors (Lipinski definition) is 2. The maximum Gasteiger partial charge on any atom is 0.211 e. The van der Waals surface area contributed by atoms with Crippen molar-refractivity contribution >= 4 is 34.2 Å². The highest BCUT2D eigenvalue weighted by atomic mass is 127. The van der Waals surface area contributed by atoms with Crippen LogP contribution in [0.1, 0.15) is 25.7 Å². The van der Waals surface area contributed by atoms with Gasteiger partial charge in [-0.1, -0.05) is 0 Å². The average molecular weight is 413 g/mol. The highest BCUT2D eigenvalue weighted by molar-refractivity contribution is 14.1. The van der Waals surface area contributed by atoms with Crippen LogP contribution in [0.4, 0.5) is 5.95 Å². The van der Waals surface area contributed by atoms with Crippen molar-refractivity contribution in [2.24, 2.45) is 11.1 Å². The van der Waals surface area contributed by atoms with Gasteiger partial charge in [-0.25, -0.2) is 9.97 Å². The van der Waals surface area contributed by atoms with Crippen LogP contribution in [0.2, 0.25) is 0 Å². The Balaban J connectivity index is 1.59. The summed E-state index contributed by atoms with van der Waals surface area (Å²) in [5.41, 5.74) is 7.38. The molecule has 6 nitrogen and oxygen atoms in total. The Kier molecular flexibility index (Phi) is 3.54. The molecule has 0 bridgehead atoms. The number of piperidine rings is 1. The molecule has 1 aliphatic carbocycles. The highest BCUT2D eigenvalue weighted by Crippen LogP contribution is 2.46. The van der Waals surface area contributed by atoms with Gasteiger partial charge in [0.2, 0.25) is 5.95 Å². The number of aromatic nitrogens is 3. The van der Waals surface area contributed by atoms with Gasteiger partial charge in [0.15, 0.2) is 5.65 Å². The molecule has 0 radical (unpaired) electrons. The molecule has 0 amide bonds. The molecule has 2 aromatic rings. The standard InChI is InChI=1S/C15H20IN5O/c16-11-9-19-14(21-6-3-18-13(11)21)20-4-1-15(2-5-20)8-10(22)7-12(15)17/h3,6,9-10,12,22H,1-2,4-5,7-8,17H2/t10-,12+/m0/s1. The second kappa shape index (κ2) is 5.31. The van der Waals surface area contributed by atoms with E-state index in [1.165, 1.54) is 0 Å². The van der Waals surface area contributed by atoms with E-state index in [2.05, 4.69) is 41.9 Å². The van der Waals surface area contributed by atoms with Gasteiger partial charge in [-0.15, -0.1) is 0 Å². The summed E-state index contributed by atoms with van der Waals surface area (Å²) in [4.78, 5) is 11.3. The third-order valence-electron chi connectivity index (χ3n) is 5.36. The van der Waals surface area contributed by atoms with Crippen molar-refractivity contribution in [1.29, 1.82) is 0 Å². The van der Waals surface area contributed by atoms with Crippen molar-refractivity contribution < 1.29 is 5.11 Å². The second-order valence-corrected chi connectivity index (χ2v) is 7.74. The molecule has 0 aromatic carbocycles. The molecule has 1 aliphatic heterocycles. The molecule has 4 rings (SSSR count). The number of halogens is 1. The maximum absolute atomic E-state index is 9.92. The van der Waals surface area contributed by atoms with Gasteiger partial charge in [0.25, 0.3) is 0 Å². The molecular formula is C15H20IN5O. The lowest BCUT2D eigenvalue weighted by Gasteiger charge is -2.42. The predicted molar refractivity (Wildman–Crippen MR) is 92.8 cm³/mol. The van der Waals surface area contributed by atoms with E-state index >= 15 is 0 Å². The van der Waals surface area contributed by atoms with Crippen LogP contribution in [-0.4, -0.2) is 44.7 Å². The summed E-state index contributed by atoms with van der Waals surface area (Å²) < 4.78 is 3.11. The van der Waals surface area contributed by atoms with Gasteiger partial charge in [0.05, 0.1) is 9.67 Å². The number of imidazole rings is 1. The summed E-state index contributed by atoms with van der Waals surface area (Å²) in [7, 11) is 0. The molecular weight excluding hydrogens is 393 g/mol. The molecule has 1 saturated carbocycles. The van der Waals surface area contributed by atoms with E-state index in [1.54, 1.807) is 0 Å². The zero-order valence-electron chi connectivity index (χ0n) is 12.3. The number of hydrogen-bond acceptors (Lipinski definition) is 5. The Morgan fingerprint density at radius 2 is 2.09 bits per heavy atom. The quantitative estimate of drug-likeness (QED) is 0.692. The SMILES string of the molecule is N[C@@H]1C[C@H](O)CC12CCN(c1ncc(I)c3nccn13)CC2. The molecule has 3 N–H and O–H groups in total. The molecule has 2 fully saturated rings. The van der Waals surface area contributed by atoms with Crippen LogP contribution in [0.3, 0.4) is 0 Å². The number of nitrogens with two attached hydrogens (primary N) is 1. The van der Waals surface area contributed by atoms with Gasteiger partial charge < -0.3 is 15.7 Å². The van der Waals surface area contributed by atoms with E-state index in [-0.39, 0.29) is 17.6 Å². The molecule has 7 heteroatoms. The van der Waals surface area contributed by atoms with Gasteiger partial charge in [0, 0.05) is 37.7 Å². The summed E-state index contributed by atoms with van der Waals surface area (Å²) in [5.74, 6) is 0.954. The van der Waals surface area contributed by atoms with Crippen LogP contribution in [0, 0.1) is 8.99 Å². The number of aliphatic hydroxyl groups is 1. The fourth-order valence-electron chi connectivity index (χ4n) is 4.08. The molecule has 2 aromatic heterocycles. The first-order chi connectivity index (χ1) is 10.6. The Labute approximate surface area is 142 Å². The van der Waals surface area contributed by atoms with Gasteiger partial charge in [-0.05, 0) is 53.7 Å². The Hall–Kier alpha value is -0.930. The van der Waals surface area contributed by atoms with Crippen LogP contribution < -0.4 is 10.6 Å². The van der Waals surface area contributed by atoms with Gasteiger partial charge >= 0.3 is 0 Å². The van der Waals surface area contributed by atoms with Crippen molar-refractivity contribution in [3.05, 3.63) is 22.2 Å². The van der Waals surface area contributed by atoms with E-state index in [4.69, 9.17) is 5.73 Å². The normalized spacial score (nSPS) is 27.9. The van der Waals surface area contributed by atoms with E-state index in [0.717, 1.165) is 53.9 Å². The number of rotatable bonds is 1. The molecule has 22 heavy (non-hydrogen) atoms. The van der Waals surface area contributed by atoms with Gasteiger partial charge in [-0.3, -0.25) is 4.40 Å². The number of nitrogens with zero attached hydrogens (tertiary/aromatic N) is 4. The molecule has 0 unspecified atom stereocenters. The monoisotopic (exact) mass is 413 g/mol. The van der Waals surface area contributed by atoms with E-state index in [1.807, 2.05) is 18.6 Å². The van der Waals surface area contributed by atoms with Crippen molar-refractivity contribution in [2.45, 2.75) is 37.8 Å². The lowest BCUT2D eigenvalue weighted by Crippen LogP contribution is -2.47. The fraction of sp³-hybridized carbons (Fsp3) is 0.600. The zero-order valence-corrected chi connectivity index (χ0v) is 14.5. The van der Waals surface area contributed by atoms with Crippen molar-refractivity contribution in [2.75, 3.05) is 18.0 Å². The van der Waals surface area contributed by atoms with Crippen LogP contribution in [0.15, 0.2) is 18.6 Å². The lowest BCUT2D eigenvalue weighted by atomic mass is 9.74. The third kappa shape index (κ3) is 2.21. The Morgan fingerprint density at radius 1 is 1.32 bits per heavy atom. The Bertz CT molecular complexity index is 694. The van der Waals surface area contributed by atoms with E-state index < -0.39 is 0 Å². The van der Waals surface area contributed by atoms with E-state index in [0.29, 0.717) is 0 Å². The number of anilines is 1. The lowest BCUT2D eigenvalue weighted by molar-refractivity contribution is 0.141. The van der Waals surface area contributed by atoms with Crippen LogP contribution >= 0.6 is 22.6 Å². The molecule has 2 aliphatic rings. The predicted octanol–water partition coefficient (Wildman–Crippen LogP) is 1.40. The van der Waals surface area contributed by atoms with Crippen molar-refractivity contribution in [3.63, 3.8) is 0 Å². The molecule has 2 atom stereocenters.